The third kappa shape index (κ3) is 4.85. The first-order valence-corrected chi connectivity index (χ1v) is 8.70. The molecule has 3 aromatic carbocycles. The van der Waals surface area contributed by atoms with Gasteiger partial charge in [-0.05, 0) is 56.7 Å². The minimum absolute atomic E-state index is 0.606. The molecule has 0 aliphatic carbocycles. The predicted molar refractivity (Wildman–Crippen MR) is 108 cm³/mol. The Bertz CT molecular complexity index is 974. The van der Waals surface area contributed by atoms with E-state index in [9.17, 15) is 0 Å². The average Bonchev–Trinajstić information content (AvgIpc) is 2.68. The molecule has 0 radical (unpaired) electrons. The standard InChI is InChI=1S/C22H22N4O/c1-15-5-9-18(10-6-15)23-25-20-14-22(27-4)21(13-17(20)3)26-24-19-11-7-16(2)8-12-19/h5-14H,1-4H3. The summed E-state index contributed by atoms with van der Waals surface area (Å²) in [4.78, 5) is 0. The highest BCUT2D eigenvalue weighted by molar-refractivity contribution is 5.63. The molecule has 0 unspecified atom stereocenters. The zero-order valence-electron chi connectivity index (χ0n) is 16.0. The van der Waals surface area contributed by atoms with Crippen LogP contribution < -0.4 is 4.74 Å². The summed E-state index contributed by atoms with van der Waals surface area (Å²) in [6.07, 6.45) is 0. The lowest BCUT2D eigenvalue weighted by Crippen LogP contribution is -1.85. The van der Waals surface area contributed by atoms with E-state index < -0.39 is 0 Å². The Hall–Kier alpha value is -3.34. The normalized spacial score (nSPS) is 11.4. The molecule has 27 heavy (non-hydrogen) atoms. The Morgan fingerprint density at radius 1 is 0.593 bits per heavy atom. The lowest BCUT2D eigenvalue weighted by Gasteiger charge is -2.07. The van der Waals surface area contributed by atoms with E-state index in [-0.39, 0.29) is 0 Å². The van der Waals surface area contributed by atoms with Crippen molar-refractivity contribution in [3.63, 3.8) is 0 Å². The summed E-state index contributed by atoms with van der Waals surface area (Å²) in [5, 5.41) is 17.3. The summed E-state index contributed by atoms with van der Waals surface area (Å²) in [5.74, 6) is 0.606. The average molecular weight is 358 g/mol. The molecule has 0 saturated heterocycles. The summed E-state index contributed by atoms with van der Waals surface area (Å²) in [5.41, 5.74) is 6.32. The van der Waals surface area contributed by atoms with E-state index >= 15 is 0 Å². The fourth-order valence-electron chi connectivity index (χ4n) is 2.46. The quantitative estimate of drug-likeness (QED) is 0.437. The van der Waals surface area contributed by atoms with Gasteiger partial charge in [0.1, 0.15) is 11.4 Å². The maximum absolute atomic E-state index is 5.46. The molecular weight excluding hydrogens is 336 g/mol. The first-order chi connectivity index (χ1) is 13.0. The molecule has 0 aromatic heterocycles. The fourth-order valence-corrected chi connectivity index (χ4v) is 2.46. The van der Waals surface area contributed by atoms with Gasteiger partial charge in [-0.1, -0.05) is 35.4 Å². The molecule has 0 spiro atoms. The number of nitrogens with zero attached hydrogens (tertiary/aromatic N) is 4. The van der Waals surface area contributed by atoms with Gasteiger partial charge in [-0.3, -0.25) is 0 Å². The Morgan fingerprint density at radius 2 is 1.07 bits per heavy atom. The summed E-state index contributed by atoms with van der Waals surface area (Å²) >= 11 is 0. The highest BCUT2D eigenvalue weighted by Crippen LogP contribution is 2.36. The number of hydrogen-bond donors (Lipinski definition) is 0. The van der Waals surface area contributed by atoms with Crippen LogP contribution in [0.5, 0.6) is 5.75 Å². The molecule has 5 nitrogen and oxygen atoms in total. The summed E-state index contributed by atoms with van der Waals surface area (Å²) < 4.78 is 5.46. The van der Waals surface area contributed by atoms with Crippen LogP contribution >= 0.6 is 0 Å². The number of aryl methyl sites for hydroxylation is 3. The molecule has 136 valence electrons. The Morgan fingerprint density at radius 3 is 1.56 bits per heavy atom. The van der Waals surface area contributed by atoms with Crippen LogP contribution in [0.2, 0.25) is 0 Å². The van der Waals surface area contributed by atoms with Gasteiger partial charge in [0, 0.05) is 6.07 Å². The zero-order valence-corrected chi connectivity index (χ0v) is 16.0. The maximum atomic E-state index is 5.46. The third-order valence-electron chi connectivity index (χ3n) is 4.11. The molecule has 0 saturated carbocycles. The monoisotopic (exact) mass is 358 g/mol. The van der Waals surface area contributed by atoms with Gasteiger partial charge in [0.15, 0.2) is 0 Å². The highest BCUT2D eigenvalue weighted by Gasteiger charge is 2.08. The van der Waals surface area contributed by atoms with Crippen molar-refractivity contribution >= 4 is 22.7 Å². The molecule has 0 aliphatic heterocycles. The van der Waals surface area contributed by atoms with Crippen LogP contribution in [0, 0.1) is 20.8 Å². The van der Waals surface area contributed by atoms with E-state index in [1.807, 2.05) is 81.4 Å². The van der Waals surface area contributed by atoms with Crippen LogP contribution in [0.1, 0.15) is 16.7 Å². The molecular formula is C22H22N4O. The van der Waals surface area contributed by atoms with E-state index in [1.165, 1.54) is 11.1 Å². The van der Waals surface area contributed by atoms with Crippen molar-refractivity contribution in [3.05, 3.63) is 77.4 Å². The molecule has 0 bridgehead atoms. The van der Waals surface area contributed by atoms with Gasteiger partial charge in [0.2, 0.25) is 0 Å². The molecule has 3 rings (SSSR count). The topological polar surface area (TPSA) is 58.7 Å². The minimum atomic E-state index is 0.606. The van der Waals surface area contributed by atoms with Crippen LogP contribution in [0.15, 0.2) is 81.1 Å². The van der Waals surface area contributed by atoms with Crippen molar-refractivity contribution in [2.75, 3.05) is 7.11 Å². The second-order valence-corrected chi connectivity index (χ2v) is 6.38. The van der Waals surface area contributed by atoms with Crippen LogP contribution in [0.4, 0.5) is 22.7 Å². The van der Waals surface area contributed by atoms with Crippen molar-refractivity contribution in [2.24, 2.45) is 20.5 Å². The molecule has 3 aromatic rings. The number of ether oxygens (including phenoxy) is 1. The first-order valence-electron chi connectivity index (χ1n) is 8.70. The number of rotatable bonds is 5. The van der Waals surface area contributed by atoms with Gasteiger partial charge >= 0.3 is 0 Å². The second-order valence-electron chi connectivity index (χ2n) is 6.38. The van der Waals surface area contributed by atoms with E-state index in [0.29, 0.717) is 11.4 Å². The van der Waals surface area contributed by atoms with Gasteiger partial charge in [-0.2, -0.15) is 15.3 Å². The van der Waals surface area contributed by atoms with Crippen LogP contribution in [-0.4, -0.2) is 7.11 Å². The van der Waals surface area contributed by atoms with Crippen molar-refractivity contribution in [3.8, 4) is 5.75 Å². The van der Waals surface area contributed by atoms with Crippen LogP contribution in [0.25, 0.3) is 0 Å². The predicted octanol–water partition coefficient (Wildman–Crippen LogP) is 7.45. The third-order valence-corrected chi connectivity index (χ3v) is 4.11. The highest BCUT2D eigenvalue weighted by atomic mass is 16.5. The molecule has 0 aliphatic rings. The van der Waals surface area contributed by atoms with Crippen molar-refractivity contribution in [1.29, 1.82) is 0 Å². The minimum Gasteiger partial charge on any atom is -0.494 e. The van der Waals surface area contributed by atoms with E-state index in [4.69, 9.17) is 4.74 Å². The summed E-state index contributed by atoms with van der Waals surface area (Å²) in [6, 6.07) is 19.5. The lowest BCUT2D eigenvalue weighted by molar-refractivity contribution is 0.416. The molecule has 0 heterocycles. The van der Waals surface area contributed by atoms with Crippen molar-refractivity contribution in [1.82, 2.24) is 0 Å². The van der Waals surface area contributed by atoms with Crippen molar-refractivity contribution in [2.45, 2.75) is 20.8 Å². The largest absolute Gasteiger partial charge is 0.494 e. The van der Waals surface area contributed by atoms with Crippen molar-refractivity contribution < 1.29 is 4.74 Å². The Kier molecular flexibility index (Phi) is 5.71. The fraction of sp³-hybridized carbons (Fsp3) is 0.182. The molecule has 0 amide bonds. The number of methoxy groups -OCH3 is 1. The van der Waals surface area contributed by atoms with Gasteiger partial charge < -0.3 is 4.74 Å². The molecule has 0 N–H and O–H groups in total. The number of azo groups is 2. The second kappa shape index (κ2) is 8.36. The summed E-state index contributed by atoms with van der Waals surface area (Å²) in [6.45, 7) is 6.05. The Balaban J connectivity index is 1.86. The Labute approximate surface area is 159 Å². The number of benzene rings is 3. The lowest BCUT2D eigenvalue weighted by atomic mass is 10.1. The van der Waals surface area contributed by atoms with E-state index in [1.54, 1.807) is 7.11 Å². The van der Waals surface area contributed by atoms with Gasteiger partial charge in [0.25, 0.3) is 0 Å². The van der Waals surface area contributed by atoms with E-state index in [0.717, 1.165) is 22.6 Å². The number of hydrogen-bond acceptors (Lipinski definition) is 5. The zero-order chi connectivity index (χ0) is 19.2. The van der Waals surface area contributed by atoms with Crippen LogP contribution in [-0.2, 0) is 0 Å². The van der Waals surface area contributed by atoms with Gasteiger partial charge in [-0.15, -0.1) is 5.11 Å². The van der Waals surface area contributed by atoms with Gasteiger partial charge in [0.05, 0.1) is 24.2 Å². The molecule has 0 fully saturated rings. The maximum Gasteiger partial charge on any atom is 0.148 e. The van der Waals surface area contributed by atoms with E-state index in [2.05, 4.69) is 20.5 Å². The smallest absolute Gasteiger partial charge is 0.148 e. The molecule has 0 atom stereocenters. The van der Waals surface area contributed by atoms with Gasteiger partial charge in [-0.25, -0.2) is 0 Å². The molecule has 5 heteroatoms. The first kappa shape index (κ1) is 18.5. The summed E-state index contributed by atoms with van der Waals surface area (Å²) in [7, 11) is 1.61. The van der Waals surface area contributed by atoms with Crippen LogP contribution in [0.3, 0.4) is 0 Å². The SMILES string of the molecule is COc1cc(N=Nc2ccc(C)cc2)c(C)cc1N=Nc1ccc(C)cc1.